The molecule has 0 radical (unpaired) electrons. The van der Waals surface area contributed by atoms with Crippen molar-refractivity contribution in [2.45, 2.75) is 0 Å². The molecule has 0 bridgehead atoms. The second-order valence-electron chi connectivity index (χ2n) is 11.1. The van der Waals surface area contributed by atoms with E-state index in [9.17, 15) is 0 Å². The zero-order valence-corrected chi connectivity index (χ0v) is 24.1. The Bertz CT molecular complexity index is 2780. The number of hydrogen-bond acceptors (Lipinski definition) is 5. The summed E-state index contributed by atoms with van der Waals surface area (Å²) in [5.41, 5.74) is 6.93. The van der Waals surface area contributed by atoms with Crippen molar-refractivity contribution in [2.75, 3.05) is 0 Å². The number of nitrogens with zero attached hydrogens (tertiary/aromatic N) is 5. The second-order valence-corrected chi connectivity index (χ2v) is 12.1. The number of benzene rings is 5. The van der Waals surface area contributed by atoms with Crippen molar-refractivity contribution in [1.82, 2.24) is 24.5 Å². The first-order valence-electron chi connectivity index (χ1n) is 14.6. The highest BCUT2D eigenvalue weighted by Crippen LogP contribution is 2.48. The molecule has 204 valence electrons. The van der Waals surface area contributed by atoms with Crippen LogP contribution in [-0.2, 0) is 0 Å². The SMILES string of the molecule is c1ccc(-c2nc(-n3c4ccccc4c4c5c6cccnc6cnc5c5c6ccccc6sc5c43)nc3ccccc23)cc1. The summed E-state index contributed by atoms with van der Waals surface area (Å²) in [5.74, 6) is 0.651. The van der Waals surface area contributed by atoms with Gasteiger partial charge in [-0.25, -0.2) is 9.97 Å². The summed E-state index contributed by atoms with van der Waals surface area (Å²) < 4.78 is 4.68. The van der Waals surface area contributed by atoms with Crippen molar-refractivity contribution in [3.05, 3.63) is 128 Å². The average Bonchev–Trinajstić information content (AvgIpc) is 3.65. The number of aromatic nitrogens is 5. The predicted octanol–water partition coefficient (Wildman–Crippen LogP) is 9.86. The Kier molecular flexibility index (Phi) is 4.81. The highest BCUT2D eigenvalue weighted by molar-refractivity contribution is 7.27. The maximum Gasteiger partial charge on any atom is 0.235 e. The molecule has 0 unspecified atom stereocenters. The summed E-state index contributed by atoms with van der Waals surface area (Å²) >= 11 is 1.81. The Balaban J connectivity index is 1.49. The molecule has 5 heterocycles. The number of para-hydroxylation sites is 2. The molecule has 0 N–H and O–H groups in total. The van der Waals surface area contributed by atoms with Gasteiger partial charge < -0.3 is 0 Å². The fourth-order valence-electron chi connectivity index (χ4n) is 6.84. The lowest BCUT2D eigenvalue weighted by Gasteiger charge is -2.13. The van der Waals surface area contributed by atoms with Gasteiger partial charge in [0.2, 0.25) is 5.95 Å². The van der Waals surface area contributed by atoms with E-state index in [4.69, 9.17) is 19.9 Å². The molecule has 0 saturated carbocycles. The van der Waals surface area contributed by atoms with E-state index < -0.39 is 0 Å². The van der Waals surface area contributed by atoms with Gasteiger partial charge in [0.25, 0.3) is 0 Å². The number of hydrogen-bond donors (Lipinski definition) is 0. The highest BCUT2D eigenvalue weighted by atomic mass is 32.1. The first-order chi connectivity index (χ1) is 21.8. The summed E-state index contributed by atoms with van der Waals surface area (Å²) in [6, 6.07) is 40.1. The molecule has 5 nitrogen and oxygen atoms in total. The molecule has 0 aliphatic heterocycles. The number of thiophene rings is 1. The van der Waals surface area contributed by atoms with E-state index >= 15 is 0 Å². The predicted molar refractivity (Wildman–Crippen MR) is 183 cm³/mol. The Morgan fingerprint density at radius 2 is 1.30 bits per heavy atom. The highest BCUT2D eigenvalue weighted by Gasteiger charge is 2.25. The van der Waals surface area contributed by atoms with Gasteiger partial charge in [-0.15, -0.1) is 11.3 Å². The summed E-state index contributed by atoms with van der Waals surface area (Å²) in [4.78, 5) is 20.4. The number of fused-ring (bicyclic) bond motifs is 13. The van der Waals surface area contributed by atoms with Crippen LogP contribution in [0.15, 0.2) is 128 Å². The van der Waals surface area contributed by atoms with E-state index in [1.165, 1.54) is 14.8 Å². The van der Waals surface area contributed by atoms with Gasteiger partial charge in [0, 0.05) is 54.2 Å². The first kappa shape index (κ1) is 23.8. The van der Waals surface area contributed by atoms with Crippen molar-refractivity contribution >= 4 is 86.0 Å². The zero-order chi connectivity index (χ0) is 28.8. The fourth-order valence-corrected chi connectivity index (χ4v) is 8.08. The quantitative estimate of drug-likeness (QED) is 0.191. The van der Waals surface area contributed by atoms with E-state index in [1.807, 2.05) is 41.9 Å². The molecule has 44 heavy (non-hydrogen) atoms. The second kappa shape index (κ2) is 8.89. The standard InChI is InChI=1S/C38H21N5S/c1-2-11-22(12-3-1)34-24-13-4-7-17-27(24)41-38(42-34)43-29-18-8-5-14-25(29)32-31-23-16-10-20-39-28(23)21-40-35(31)33-26-15-6-9-19-30(26)44-37(33)36(32)43/h1-21H. The first-order valence-corrected chi connectivity index (χ1v) is 15.4. The van der Waals surface area contributed by atoms with E-state index in [0.29, 0.717) is 5.95 Å². The topological polar surface area (TPSA) is 56.5 Å². The molecule has 0 aliphatic rings. The molecule has 5 aromatic carbocycles. The molecular weight excluding hydrogens is 559 g/mol. The van der Waals surface area contributed by atoms with E-state index in [2.05, 4.69) is 102 Å². The van der Waals surface area contributed by atoms with Crippen LogP contribution in [0.3, 0.4) is 0 Å². The molecule has 0 saturated heterocycles. The van der Waals surface area contributed by atoms with Crippen LogP contribution in [0.2, 0.25) is 0 Å². The summed E-state index contributed by atoms with van der Waals surface area (Å²) in [7, 11) is 0. The van der Waals surface area contributed by atoms with Gasteiger partial charge in [-0.1, -0.05) is 91.0 Å². The van der Waals surface area contributed by atoms with Gasteiger partial charge in [0.05, 0.1) is 44.2 Å². The van der Waals surface area contributed by atoms with Crippen molar-refractivity contribution in [3.63, 3.8) is 0 Å². The van der Waals surface area contributed by atoms with Gasteiger partial charge in [-0.2, -0.15) is 0 Å². The van der Waals surface area contributed by atoms with Crippen LogP contribution in [0.25, 0.3) is 91.9 Å². The summed E-state index contributed by atoms with van der Waals surface area (Å²) in [6.45, 7) is 0. The minimum atomic E-state index is 0.651. The average molecular weight is 580 g/mol. The third kappa shape index (κ3) is 3.17. The Morgan fingerprint density at radius 1 is 0.545 bits per heavy atom. The minimum Gasteiger partial charge on any atom is -0.276 e. The zero-order valence-electron chi connectivity index (χ0n) is 23.3. The van der Waals surface area contributed by atoms with Crippen LogP contribution in [0.5, 0.6) is 0 Å². The minimum absolute atomic E-state index is 0.651. The Labute approximate surface area is 254 Å². The van der Waals surface area contributed by atoms with Gasteiger partial charge in [-0.05, 0) is 24.3 Å². The fraction of sp³-hybridized carbons (Fsp3) is 0. The van der Waals surface area contributed by atoms with Crippen molar-refractivity contribution in [1.29, 1.82) is 0 Å². The maximum absolute atomic E-state index is 5.35. The van der Waals surface area contributed by atoms with E-state index in [1.54, 1.807) is 0 Å². The van der Waals surface area contributed by atoms with Gasteiger partial charge in [0.15, 0.2) is 0 Å². The van der Waals surface area contributed by atoms with Crippen LogP contribution in [0, 0.1) is 0 Å². The molecular formula is C38H21N5S. The lowest BCUT2D eigenvalue weighted by atomic mass is 9.99. The van der Waals surface area contributed by atoms with E-state index in [-0.39, 0.29) is 0 Å². The number of rotatable bonds is 2. The molecule has 6 heteroatoms. The molecule has 0 atom stereocenters. The van der Waals surface area contributed by atoms with Crippen LogP contribution in [-0.4, -0.2) is 24.5 Å². The smallest absolute Gasteiger partial charge is 0.235 e. The molecule has 10 aromatic rings. The molecule has 0 aliphatic carbocycles. The van der Waals surface area contributed by atoms with Crippen LogP contribution in [0.1, 0.15) is 0 Å². The lowest BCUT2D eigenvalue weighted by molar-refractivity contribution is 1.02. The van der Waals surface area contributed by atoms with E-state index in [0.717, 1.165) is 71.2 Å². The monoisotopic (exact) mass is 579 g/mol. The van der Waals surface area contributed by atoms with Gasteiger partial charge in [-0.3, -0.25) is 14.5 Å². The van der Waals surface area contributed by atoms with Crippen molar-refractivity contribution in [3.8, 4) is 17.2 Å². The molecule has 0 amide bonds. The lowest BCUT2D eigenvalue weighted by Crippen LogP contribution is -2.03. The normalized spacial score (nSPS) is 12.1. The van der Waals surface area contributed by atoms with Gasteiger partial charge >= 0.3 is 0 Å². The van der Waals surface area contributed by atoms with Crippen LogP contribution < -0.4 is 0 Å². The summed E-state index contributed by atoms with van der Waals surface area (Å²) in [6.07, 6.45) is 3.75. The van der Waals surface area contributed by atoms with Gasteiger partial charge in [0.1, 0.15) is 0 Å². The Morgan fingerprint density at radius 3 is 2.20 bits per heavy atom. The van der Waals surface area contributed by atoms with Crippen molar-refractivity contribution < 1.29 is 0 Å². The molecule has 0 fully saturated rings. The third-order valence-electron chi connectivity index (χ3n) is 8.67. The molecule has 5 aromatic heterocycles. The maximum atomic E-state index is 5.35. The van der Waals surface area contributed by atoms with Crippen LogP contribution >= 0.6 is 11.3 Å². The number of pyridine rings is 2. The Hall–Kier alpha value is -5.72. The molecule has 0 spiro atoms. The third-order valence-corrected chi connectivity index (χ3v) is 9.85. The molecule has 10 rings (SSSR count). The summed E-state index contributed by atoms with van der Waals surface area (Å²) in [5, 5.41) is 7.89. The largest absolute Gasteiger partial charge is 0.276 e. The van der Waals surface area contributed by atoms with Crippen LogP contribution in [0.4, 0.5) is 0 Å². The van der Waals surface area contributed by atoms with Crippen molar-refractivity contribution in [2.24, 2.45) is 0 Å².